The maximum absolute atomic E-state index is 5.38. The molecule has 0 saturated heterocycles. The van der Waals surface area contributed by atoms with E-state index in [1.807, 2.05) is 0 Å². The molecule has 66 valence electrons. The van der Waals surface area contributed by atoms with Gasteiger partial charge in [-0.25, -0.2) is 0 Å². The highest BCUT2D eigenvalue weighted by molar-refractivity contribution is 4.44. The first-order valence-electron chi connectivity index (χ1n) is 4.58. The Labute approximate surface area is 71.1 Å². The maximum atomic E-state index is 5.38. The van der Waals surface area contributed by atoms with Crippen LogP contribution in [-0.4, -0.2) is 13.2 Å². The molecule has 1 nitrogen and oxygen atoms in total. The topological polar surface area (TPSA) is 9.23 Å². The predicted octanol–water partition coefficient (Wildman–Crippen LogP) is 3.01. The summed E-state index contributed by atoms with van der Waals surface area (Å²) in [7, 11) is 0. The maximum Gasteiger partial charge on any atom is 0.0466 e. The van der Waals surface area contributed by atoms with E-state index < -0.39 is 0 Å². The quantitative estimate of drug-likeness (QED) is 0.491. The standard InChI is InChI=1S/C10H20O/c1-3-5-7-9-11-10-8-6-4-2/h1-10H2. The molecule has 11 heavy (non-hydrogen) atoms. The second kappa shape index (κ2) is 9.96. The zero-order valence-corrected chi connectivity index (χ0v) is 7.48. The van der Waals surface area contributed by atoms with E-state index in [9.17, 15) is 0 Å². The van der Waals surface area contributed by atoms with Crippen LogP contribution < -0.4 is 0 Å². The molecule has 0 aromatic heterocycles. The number of hydrogen-bond donors (Lipinski definition) is 0. The summed E-state index contributed by atoms with van der Waals surface area (Å²) in [5.41, 5.74) is 0. The molecule has 0 aromatic rings. The van der Waals surface area contributed by atoms with Crippen molar-refractivity contribution in [2.45, 2.75) is 38.5 Å². The van der Waals surface area contributed by atoms with Gasteiger partial charge in [0.25, 0.3) is 0 Å². The Balaban J connectivity index is 2.69. The van der Waals surface area contributed by atoms with E-state index in [-0.39, 0.29) is 0 Å². The Morgan fingerprint density at radius 1 is 0.727 bits per heavy atom. The Morgan fingerprint density at radius 3 is 1.55 bits per heavy atom. The molecule has 0 N–H and O–H groups in total. The molecule has 2 radical (unpaired) electrons. The molecule has 0 fully saturated rings. The lowest BCUT2D eigenvalue weighted by molar-refractivity contribution is 0.127. The van der Waals surface area contributed by atoms with Crippen molar-refractivity contribution in [2.24, 2.45) is 0 Å². The van der Waals surface area contributed by atoms with Gasteiger partial charge in [0.2, 0.25) is 0 Å². The molecular formula is C10H20O. The first kappa shape index (κ1) is 11.0. The van der Waals surface area contributed by atoms with Crippen LogP contribution in [0.4, 0.5) is 0 Å². The van der Waals surface area contributed by atoms with Crippen LogP contribution >= 0.6 is 0 Å². The smallest absolute Gasteiger partial charge is 0.0466 e. The van der Waals surface area contributed by atoms with Crippen molar-refractivity contribution >= 4 is 0 Å². The van der Waals surface area contributed by atoms with Crippen molar-refractivity contribution in [3.63, 3.8) is 0 Å². The van der Waals surface area contributed by atoms with Crippen LogP contribution in [0.25, 0.3) is 0 Å². The summed E-state index contributed by atoms with van der Waals surface area (Å²) >= 11 is 0. The van der Waals surface area contributed by atoms with Gasteiger partial charge in [0.05, 0.1) is 0 Å². The lowest BCUT2D eigenvalue weighted by Crippen LogP contribution is -1.96. The summed E-state index contributed by atoms with van der Waals surface area (Å²) in [5.74, 6) is 0. The lowest BCUT2D eigenvalue weighted by Gasteiger charge is -2.01. The van der Waals surface area contributed by atoms with Gasteiger partial charge in [0.15, 0.2) is 0 Å². The highest BCUT2D eigenvalue weighted by Crippen LogP contribution is 1.97. The molecule has 0 unspecified atom stereocenters. The average Bonchev–Trinajstić information content (AvgIpc) is 2.03. The van der Waals surface area contributed by atoms with Gasteiger partial charge in [0.1, 0.15) is 0 Å². The molecule has 0 aliphatic carbocycles. The average molecular weight is 156 g/mol. The molecule has 0 amide bonds. The molecule has 1 heteroatoms. The Hall–Kier alpha value is -0.0400. The minimum Gasteiger partial charge on any atom is -0.381 e. The van der Waals surface area contributed by atoms with Crippen LogP contribution in [0.15, 0.2) is 0 Å². The molecule has 0 saturated carbocycles. The fourth-order valence-electron chi connectivity index (χ4n) is 0.864. The number of unbranched alkanes of at least 4 members (excludes halogenated alkanes) is 4. The first-order chi connectivity index (χ1) is 5.41. The third-order valence-corrected chi connectivity index (χ3v) is 1.58. The SMILES string of the molecule is [CH2]CCCCOCCCC[CH2]. The van der Waals surface area contributed by atoms with E-state index in [4.69, 9.17) is 4.74 Å². The first-order valence-corrected chi connectivity index (χ1v) is 4.58. The van der Waals surface area contributed by atoms with E-state index in [1.165, 1.54) is 12.8 Å². The van der Waals surface area contributed by atoms with Gasteiger partial charge >= 0.3 is 0 Å². The second-order valence-electron chi connectivity index (χ2n) is 2.73. The number of hydrogen-bond acceptors (Lipinski definition) is 1. The summed E-state index contributed by atoms with van der Waals surface area (Å²) in [5, 5.41) is 0. The molecule has 0 rings (SSSR count). The van der Waals surface area contributed by atoms with E-state index in [2.05, 4.69) is 13.8 Å². The summed E-state index contributed by atoms with van der Waals surface area (Å²) < 4.78 is 5.38. The van der Waals surface area contributed by atoms with Crippen LogP contribution in [0.3, 0.4) is 0 Å². The Bertz CT molecular complexity index is 53.9. The van der Waals surface area contributed by atoms with Gasteiger partial charge < -0.3 is 4.74 Å². The van der Waals surface area contributed by atoms with Crippen molar-refractivity contribution in [2.75, 3.05) is 13.2 Å². The molecule has 0 spiro atoms. The van der Waals surface area contributed by atoms with E-state index in [0.717, 1.165) is 38.9 Å². The van der Waals surface area contributed by atoms with Crippen molar-refractivity contribution in [1.82, 2.24) is 0 Å². The van der Waals surface area contributed by atoms with E-state index in [0.29, 0.717) is 0 Å². The van der Waals surface area contributed by atoms with Gasteiger partial charge in [-0.05, 0) is 12.8 Å². The Kier molecular flexibility index (Phi) is 9.92. The predicted molar refractivity (Wildman–Crippen MR) is 49.2 cm³/mol. The number of ether oxygens (including phenoxy) is 1. The molecule has 0 aliphatic heterocycles. The monoisotopic (exact) mass is 156 g/mol. The molecular weight excluding hydrogens is 136 g/mol. The molecule has 0 atom stereocenters. The number of rotatable bonds is 8. The van der Waals surface area contributed by atoms with Crippen LogP contribution in [-0.2, 0) is 4.74 Å². The molecule has 0 aromatic carbocycles. The normalized spacial score (nSPS) is 10.4. The van der Waals surface area contributed by atoms with Crippen molar-refractivity contribution < 1.29 is 4.74 Å². The third-order valence-electron chi connectivity index (χ3n) is 1.58. The van der Waals surface area contributed by atoms with Gasteiger partial charge in [0, 0.05) is 13.2 Å². The van der Waals surface area contributed by atoms with Crippen molar-refractivity contribution in [3.05, 3.63) is 13.8 Å². The van der Waals surface area contributed by atoms with Crippen LogP contribution in [0, 0.1) is 13.8 Å². The Morgan fingerprint density at radius 2 is 1.18 bits per heavy atom. The van der Waals surface area contributed by atoms with E-state index >= 15 is 0 Å². The third kappa shape index (κ3) is 9.96. The van der Waals surface area contributed by atoms with Crippen LogP contribution in [0.2, 0.25) is 0 Å². The van der Waals surface area contributed by atoms with Crippen molar-refractivity contribution in [3.8, 4) is 0 Å². The summed E-state index contributed by atoms with van der Waals surface area (Å²) in [6.07, 6.45) is 6.76. The minimum atomic E-state index is 0.909. The summed E-state index contributed by atoms with van der Waals surface area (Å²) in [4.78, 5) is 0. The van der Waals surface area contributed by atoms with Gasteiger partial charge in [-0.3, -0.25) is 0 Å². The van der Waals surface area contributed by atoms with Gasteiger partial charge in [-0.1, -0.05) is 39.5 Å². The van der Waals surface area contributed by atoms with Crippen LogP contribution in [0.1, 0.15) is 38.5 Å². The highest BCUT2D eigenvalue weighted by atomic mass is 16.5. The molecule has 0 aliphatic rings. The fourth-order valence-corrected chi connectivity index (χ4v) is 0.864. The van der Waals surface area contributed by atoms with Crippen molar-refractivity contribution in [1.29, 1.82) is 0 Å². The van der Waals surface area contributed by atoms with E-state index in [1.54, 1.807) is 0 Å². The fraction of sp³-hybridized carbons (Fsp3) is 0.800. The molecule has 0 bridgehead atoms. The van der Waals surface area contributed by atoms with Gasteiger partial charge in [-0.15, -0.1) is 0 Å². The largest absolute Gasteiger partial charge is 0.381 e. The summed E-state index contributed by atoms with van der Waals surface area (Å²) in [6.45, 7) is 9.36. The molecule has 0 heterocycles. The summed E-state index contributed by atoms with van der Waals surface area (Å²) in [6, 6.07) is 0. The van der Waals surface area contributed by atoms with Crippen LogP contribution in [0.5, 0.6) is 0 Å². The zero-order valence-electron chi connectivity index (χ0n) is 7.48. The zero-order chi connectivity index (χ0) is 8.36. The highest BCUT2D eigenvalue weighted by Gasteiger charge is 1.88. The van der Waals surface area contributed by atoms with Gasteiger partial charge in [-0.2, -0.15) is 0 Å². The lowest BCUT2D eigenvalue weighted by atomic mass is 10.2. The minimum absolute atomic E-state index is 0.909. The second-order valence-corrected chi connectivity index (χ2v) is 2.73.